The Labute approximate surface area is 117 Å². The van der Waals surface area contributed by atoms with Crippen LogP contribution in [0, 0.1) is 5.92 Å². The number of hydrogen-bond acceptors (Lipinski definition) is 3. The van der Waals surface area contributed by atoms with E-state index in [2.05, 4.69) is 13.0 Å². The minimum atomic E-state index is -0.167. The minimum Gasteiger partial charge on any atom is -0.353 e. The molecule has 19 heavy (non-hydrogen) atoms. The SMILES string of the molecule is CCCCOC(C)OC(C)/C=C/CC1CCCC1=O. The highest BCUT2D eigenvalue weighted by molar-refractivity contribution is 5.82. The van der Waals surface area contributed by atoms with Crippen molar-refractivity contribution in [3.63, 3.8) is 0 Å². The molecule has 0 N–H and O–H groups in total. The van der Waals surface area contributed by atoms with E-state index in [-0.39, 0.29) is 18.3 Å². The summed E-state index contributed by atoms with van der Waals surface area (Å²) < 4.78 is 11.2. The highest BCUT2D eigenvalue weighted by Crippen LogP contribution is 2.24. The predicted octanol–water partition coefficient (Wildman–Crippen LogP) is 3.87. The van der Waals surface area contributed by atoms with E-state index in [0.29, 0.717) is 5.78 Å². The molecule has 3 unspecified atom stereocenters. The molecule has 0 amide bonds. The average molecular weight is 268 g/mol. The maximum atomic E-state index is 11.5. The quantitative estimate of drug-likeness (QED) is 0.362. The molecule has 3 nitrogen and oxygen atoms in total. The molecule has 0 aliphatic heterocycles. The number of rotatable bonds is 9. The fourth-order valence-electron chi connectivity index (χ4n) is 2.35. The van der Waals surface area contributed by atoms with Crippen LogP contribution in [0.1, 0.15) is 59.3 Å². The lowest BCUT2D eigenvalue weighted by molar-refractivity contribution is -0.145. The fourth-order valence-corrected chi connectivity index (χ4v) is 2.35. The molecule has 1 aliphatic carbocycles. The third-order valence-corrected chi connectivity index (χ3v) is 3.52. The summed E-state index contributed by atoms with van der Waals surface area (Å²) >= 11 is 0. The number of ketones is 1. The monoisotopic (exact) mass is 268 g/mol. The van der Waals surface area contributed by atoms with E-state index in [9.17, 15) is 4.79 Å². The summed E-state index contributed by atoms with van der Waals surface area (Å²) in [5.41, 5.74) is 0. The van der Waals surface area contributed by atoms with Gasteiger partial charge in [0.2, 0.25) is 0 Å². The smallest absolute Gasteiger partial charge is 0.155 e. The highest BCUT2D eigenvalue weighted by Gasteiger charge is 2.22. The third-order valence-electron chi connectivity index (χ3n) is 3.52. The van der Waals surface area contributed by atoms with Crippen LogP contribution in [0.15, 0.2) is 12.2 Å². The predicted molar refractivity (Wildman–Crippen MR) is 77.0 cm³/mol. The summed E-state index contributed by atoms with van der Waals surface area (Å²) in [6, 6.07) is 0. The Kier molecular flexibility index (Phi) is 7.99. The van der Waals surface area contributed by atoms with Crippen molar-refractivity contribution in [2.24, 2.45) is 5.92 Å². The van der Waals surface area contributed by atoms with Crippen molar-refractivity contribution in [2.45, 2.75) is 71.7 Å². The summed E-state index contributed by atoms with van der Waals surface area (Å²) in [6.07, 6.45) is 9.93. The standard InChI is InChI=1S/C16H28O3/c1-4-5-12-18-14(3)19-13(2)8-6-9-15-10-7-11-16(15)17/h6,8,13-15H,4-5,7,9-12H2,1-3H3/b8-6+. The van der Waals surface area contributed by atoms with Gasteiger partial charge in [-0.2, -0.15) is 0 Å². The zero-order valence-electron chi connectivity index (χ0n) is 12.6. The number of unbranched alkanes of at least 4 members (excludes halogenated alkanes) is 1. The van der Waals surface area contributed by atoms with Gasteiger partial charge in [0.15, 0.2) is 6.29 Å². The second kappa shape index (κ2) is 9.27. The molecule has 1 fully saturated rings. The molecule has 3 atom stereocenters. The molecule has 0 bridgehead atoms. The molecule has 110 valence electrons. The van der Waals surface area contributed by atoms with E-state index in [4.69, 9.17) is 9.47 Å². The van der Waals surface area contributed by atoms with Gasteiger partial charge >= 0.3 is 0 Å². The summed E-state index contributed by atoms with van der Waals surface area (Å²) in [7, 11) is 0. The Balaban J connectivity index is 2.15. The molecule has 0 radical (unpaired) electrons. The molecule has 1 saturated carbocycles. The number of carbonyl (C=O) groups excluding carboxylic acids is 1. The lowest BCUT2D eigenvalue weighted by Crippen LogP contribution is -2.19. The number of ether oxygens (including phenoxy) is 2. The van der Waals surface area contributed by atoms with E-state index in [0.717, 1.165) is 45.1 Å². The van der Waals surface area contributed by atoms with Gasteiger partial charge in [-0.25, -0.2) is 0 Å². The largest absolute Gasteiger partial charge is 0.353 e. The lowest BCUT2D eigenvalue weighted by Gasteiger charge is -2.17. The molecule has 0 aromatic heterocycles. The van der Waals surface area contributed by atoms with Gasteiger partial charge in [0.1, 0.15) is 5.78 Å². The highest BCUT2D eigenvalue weighted by atomic mass is 16.7. The molecular formula is C16H28O3. The molecule has 0 heterocycles. The molecule has 0 aromatic rings. The summed E-state index contributed by atoms with van der Waals surface area (Å²) in [6.45, 7) is 6.84. The number of carbonyl (C=O) groups is 1. The van der Waals surface area contributed by atoms with Gasteiger partial charge in [-0.3, -0.25) is 4.79 Å². The van der Waals surface area contributed by atoms with E-state index >= 15 is 0 Å². The van der Waals surface area contributed by atoms with E-state index in [1.807, 2.05) is 19.9 Å². The van der Waals surface area contributed by atoms with Crippen molar-refractivity contribution in [3.8, 4) is 0 Å². The van der Waals surface area contributed by atoms with Crippen LogP contribution in [-0.4, -0.2) is 24.8 Å². The van der Waals surface area contributed by atoms with Crippen LogP contribution >= 0.6 is 0 Å². The first-order valence-electron chi connectivity index (χ1n) is 7.60. The van der Waals surface area contributed by atoms with Gasteiger partial charge in [-0.05, 0) is 39.5 Å². The maximum Gasteiger partial charge on any atom is 0.155 e. The Morgan fingerprint density at radius 1 is 1.42 bits per heavy atom. The Morgan fingerprint density at radius 2 is 2.21 bits per heavy atom. The van der Waals surface area contributed by atoms with Gasteiger partial charge in [0.25, 0.3) is 0 Å². The van der Waals surface area contributed by atoms with Crippen LogP contribution in [0.25, 0.3) is 0 Å². The first-order chi connectivity index (χ1) is 9.13. The van der Waals surface area contributed by atoms with Crippen LogP contribution in [0.3, 0.4) is 0 Å². The van der Waals surface area contributed by atoms with Crippen LogP contribution in [0.5, 0.6) is 0 Å². The number of allylic oxidation sites excluding steroid dienone is 1. The topological polar surface area (TPSA) is 35.5 Å². The summed E-state index contributed by atoms with van der Waals surface area (Å²) in [5, 5.41) is 0. The Bertz CT molecular complexity index is 286. The van der Waals surface area contributed by atoms with Gasteiger partial charge in [-0.15, -0.1) is 0 Å². The van der Waals surface area contributed by atoms with Crippen molar-refractivity contribution in [1.29, 1.82) is 0 Å². The first-order valence-corrected chi connectivity index (χ1v) is 7.60. The van der Waals surface area contributed by atoms with Gasteiger partial charge in [0.05, 0.1) is 6.10 Å². The number of hydrogen-bond donors (Lipinski definition) is 0. The van der Waals surface area contributed by atoms with E-state index in [1.54, 1.807) is 0 Å². The van der Waals surface area contributed by atoms with Crippen LogP contribution in [-0.2, 0) is 14.3 Å². The summed E-state index contributed by atoms with van der Waals surface area (Å²) in [5.74, 6) is 0.677. The lowest BCUT2D eigenvalue weighted by atomic mass is 10.0. The van der Waals surface area contributed by atoms with Crippen LogP contribution in [0.2, 0.25) is 0 Å². The minimum absolute atomic E-state index is 0.0353. The van der Waals surface area contributed by atoms with E-state index in [1.165, 1.54) is 0 Å². The van der Waals surface area contributed by atoms with Crippen molar-refractivity contribution in [2.75, 3.05) is 6.61 Å². The zero-order valence-corrected chi connectivity index (χ0v) is 12.6. The molecule has 1 rings (SSSR count). The second-order valence-electron chi connectivity index (χ2n) is 5.35. The maximum absolute atomic E-state index is 11.5. The van der Waals surface area contributed by atoms with Gasteiger partial charge < -0.3 is 9.47 Å². The molecule has 1 aliphatic rings. The second-order valence-corrected chi connectivity index (χ2v) is 5.35. The van der Waals surface area contributed by atoms with Crippen molar-refractivity contribution < 1.29 is 14.3 Å². The molecule has 0 saturated heterocycles. The normalized spacial score (nSPS) is 23.1. The Hall–Kier alpha value is -0.670. The van der Waals surface area contributed by atoms with Crippen LogP contribution < -0.4 is 0 Å². The molecule has 3 heteroatoms. The summed E-state index contributed by atoms with van der Waals surface area (Å²) in [4.78, 5) is 11.5. The van der Waals surface area contributed by atoms with Gasteiger partial charge in [-0.1, -0.05) is 25.5 Å². The van der Waals surface area contributed by atoms with Crippen molar-refractivity contribution in [1.82, 2.24) is 0 Å². The van der Waals surface area contributed by atoms with Crippen LogP contribution in [0.4, 0.5) is 0 Å². The van der Waals surface area contributed by atoms with E-state index < -0.39 is 0 Å². The molecule has 0 spiro atoms. The third kappa shape index (κ3) is 6.88. The zero-order chi connectivity index (χ0) is 14.1. The van der Waals surface area contributed by atoms with Crippen molar-refractivity contribution in [3.05, 3.63) is 12.2 Å². The molecule has 0 aromatic carbocycles. The average Bonchev–Trinajstić information content (AvgIpc) is 2.75. The fraction of sp³-hybridized carbons (Fsp3) is 0.812. The number of Topliss-reactive ketones (excluding diaryl/α,β-unsaturated/α-hetero) is 1. The Morgan fingerprint density at radius 3 is 2.84 bits per heavy atom. The molecular weight excluding hydrogens is 240 g/mol. The first kappa shape index (κ1) is 16.4. The van der Waals surface area contributed by atoms with Crippen molar-refractivity contribution >= 4 is 5.78 Å². The van der Waals surface area contributed by atoms with Gasteiger partial charge in [0, 0.05) is 18.9 Å².